The van der Waals surface area contributed by atoms with Crippen molar-refractivity contribution in [2.45, 2.75) is 38.0 Å². The molecule has 136 valence electrons. The first kappa shape index (κ1) is 18.2. The average Bonchev–Trinajstić information content (AvgIpc) is 2.62. The fourth-order valence-corrected chi connectivity index (χ4v) is 4.37. The van der Waals surface area contributed by atoms with Crippen LogP contribution in [0.1, 0.15) is 38.2 Å². The molecule has 1 atom stereocenters. The number of halogens is 1. The molecule has 0 radical (unpaired) electrons. The number of carbonyl (C=O) groups excluding carboxylic acids is 1. The molecule has 2 saturated heterocycles. The molecule has 1 aromatic rings. The van der Waals surface area contributed by atoms with Gasteiger partial charge in [-0.1, -0.05) is 29.8 Å². The summed E-state index contributed by atoms with van der Waals surface area (Å²) >= 11 is 6.43. The number of piperidine rings is 1. The first-order valence-corrected chi connectivity index (χ1v) is 9.12. The molecule has 25 heavy (non-hydrogen) atoms. The van der Waals surface area contributed by atoms with E-state index in [1.54, 1.807) is 17.9 Å². The van der Waals surface area contributed by atoms with E-state index in [0.29, 0.717) is 50.5 Å². The molecule has 1 N–H and O–H groups in total. The summed E-state index contributed by atoms with van der Waals surface area (Å²) in [6.07, 6.45) is 2.42. The number of carbonyl (C=O) groups is 2. The van der Waals surface area contributed by atoms with E-state index in [1.165, 1.54) is 0 Å². The predicted octanol–water partition coefficient (Wildman–Crippen LogP) is 3.10. The van der Waals surface area contributed by atoms with Crippen LogP contribution in [-0.2, 0) is 19.7 Å². The third-order valence-corrected chi connectivity index (χ3v) is 5.97. The Balaban J connectivity index is 1.96. The van der Waals surface area contributed by atoms with Crippen molar-refractivity contribution in [1.82, 2.24) is 4.90 Å². The lowest BCUT2D eigenvalue weighted by atomic mass is 9.71. The molecular formula is C19H24ClNO4. The number of aliphatic carboxylic acids is 1. The quantitative estimate of drug-likeness (QED) is 0.893. The SMILES string of the molecule is CC1(C(=O)O)CCCN(C(=O)C2(c3ccccc3Cl)CCOCC2)C1. The van der Waals surface area contributed by atoms with E-state index >= 15 is 0 Å². The molecule has 2 fully saturated rings. The van der Waals surface area contributed by atoms with Gasteiger partial charge in [-0.05, 0) is 44.2 Å². The Bertz CT molecular complexity index is 671. The van der Waals surface area contributed by atoms with Gasteiger partial charge in [0.05, 0.1) is 10.8 Å². The summed E-state index contributed by atoms with van der Waals surface area (Å²) in [5, 5.41) is 10.1. The number of likely N-dealkylation sites (tertiary alicyclic amines) is 1. The number of hydrogen-bond donors (Lipinski definition) is 1. The maximum Gasteiger partial charge on any atom is 0.311 e. The van der Waals surface area contributed by atoms with Gasteiger partial charge in [0.1, 0.15) is 0 Å². The molecular weight excluding hydrogens is 342 g/mol. The normalized spacial score (nSPS) is 26.2. The van der Waals surface area contributed by atoms with Crippen molar-refractivity contribution in [3.63, 3.8) is 0 Å². The van der Waals surface area contributed by atoms with E-state index in [2.05, 4.69) is 0 Å². The molecule has 1 aromatic carbocycles. The number of benzene rings is 1. The number of carboxylic acids is 1. The van der Waals surface area contributed by atoms with Gasteiger partial charge in [0.2, 0.25) is 5.91 Å². The monoisotopic (exact) mass is 365 g/mol. The minimum absolute atomic E-state index is 0.0175. The van der Waals surface area contributed by atoms with Crippen molar-refractivity contribution in [2.24, 2.45) is 5.41 Å². The standard InChI is InChI=1S/C19H24ClNO4/c1-18(17(23)24)7-4-10-21(13-18)16(22)19(8-11-25-12-9-19)14-5-2-3-6-15(14)20/h2-3,5-6H,4,7-13H2,1H3,(H,23,24). The van der Waals surface area contributed by atoms with Crippen LogP contribution in [0.4, 0.5) is 0 Å². The molecule has 0 saturated carbocycles. The van der Waals surface area contributed by atoms with Gasteiger partial charge in [0, 0.05) is 31.3 Å². The summed E-state index contributed by atoms with van der Waals surface area (Å²) in [4.78, 5) is 26.9. The number of hydrogen-bond acceptors (Lipinski definition) is 3. The second-order valence-corrected chi connectivity index (χ2v) is 7.78. The zero-order chi connectivity index (χ0) is 18.1. The van der Waals surface area contributed by atoms with Crippen molar-refractivity contribution >= 4 is 23.5 Å². The van der Waals surface area contributed by atoms with Crippen LogP contribution >= 0.6 is 11.6 Å². The number of nitrogens with zero attached hydrogens (tertiary/aromatic N) is 1. The highest BCUT2D eigenvalue weighted by molar-refractivity contribution is 6.31. The second kappa shape index (κ2) is 6.96. The summed E-state index contributed by atoms with van der Waals surface area (Å²) in [5.74, 6) is -0.861. The molecule has 2 aliphatic heterocycles. The van der Waals surface area contributed by atoms with Crippen molar-refractivity contribution in [1.29, 1.82) is 0 Å². The molecule has 1 unspecified atom stereocenters. The lowest BCUT2D eigenvalue weighted by molar-refractivity contribution is -0.156. The van der Waals surface area contributed by atoms with Crippen molar-refractivity contribution < 1.29 is 19.4 Å². The second-order valence-electron chi connectivity index (χ2n) is 7.37. The first-order chi connectivity index (χ1) is 11.9. The van der Waals surface area contributed by atoms with E-state index in [-0.39, 0.29) is 12.5 Å². The molecule has 2 heterocycles. The van der Waals surface area contributed by atoms with Gasteiger partial charge in [0.15, 0.2) is 0 Å². The van der Waals surface area contributed by atoms with Gasteiger partial charge in [-0.25, -0.2) is 0 Å². The summed E-state index contributed by atoms with van der Waals surface area (Å²) < 4.78 is 5.49. The van der Waals surface area contributed by atoms with Crippen LogP contribution < -0.4 is 0 Å². The Kier molecular flexibility index (Phi) is 5.07. The topological polar surface area (TPSA) is 66.8 Å². The number of amides is 1. The van der Waals surface area contributed by atoms with Gasteiger partial charge in [-0.3, -0.25) is 9.59 Å². The molecule has 3 rings (SSSR count). The van der Waals surface area contributed by atoms with Gasteiger partial charge in [0.25, 0.3) is 0 Å². The van der Waals surface area contributed by atoms with Gasteiger partial charge in [-0.15, -0.1) is 0 Å². The summed E-state index contributed by atoms with van der Waals surface area (Å²) in [5.41, 5.74) is -0.791. The molecule has 1 amide bonds. The minimum Gasteiger partial charge on any atom is -0.481 e. The highest BCUT2D eigenvalue weighted by atomic mass is 35.5. The maximum atomic E-state index is 13.6. The Labute approximate surface area is 152 Å². The first-order valence-electron chi connectivity index (χ1n) is 8.75. The average molecular weight is 366 g/mol. The third kappa shape index (κ3) is 3.27. The number of carboxylic acid groups (broad SMARTS) is 1. The molecule has 5 nitrogen and oxygen atoms in total. The van der Waals surface area contributed by atoms with Crippen LogP contribution in [0.3, 0.4) is 0 Å². The lowest BCUT2D eigenvalue weighted by Crippen LogP contribution is -2.55. The predicted molar refractivity (Wildman–Crippen MR) is 94.7 cm³/mol. The van der Waals surface area contributed by atoms with Crippen LogP contribution in [0.15, 0.2) is 24.3 Å². The zero-order valence-electron chi connectivity index (χ0n) is 14.5. The molecule has 6 heteroatoms. The molecule has 0 aromatic heterocycles. The van der Waals surface area contributed by atoms with Crippen molar-refractivity contribution in [3.05, 3.63) is 34.9 Å². The number of ether oxygens (including phenoxy) is 1. The van der Waals surface area contributed by atoms with Crippen LogP contribution in [-0.4, -0.2) is 48.2 Å². The van der Waals surface area contributed by atoms with Gasteiger partial charge >= 0.3 is 5.97 Å². The lowest BCUT2D eigenvalue weighted by Gasteiger charge is -2.44. The van der Waals surface area contributed by atoms with Crippen molar-refractivity contribution in [2.75, 3.05) is 26.3 Å². The summed E-state index contributed by atoms with van der Waals surface area (Å²) in [6.45, 7) is 3.56. The highest BCUT2D eigenvalue weighted by Crippen LogP contribution is 2.42. The zero-order valence-corrected chi connectivity index (χ0v) is 15.2. The smallest absolute Gasteiger partial charge is 0.311 e. The van der Waals surface area contributed by atoms with E-state index in [9.17, 15) is 14.7 Å². The Morgan fingerprint density at radius 1 is 1.20 bits per heavy atom. The number of rotatable bonds is 3. The van der Waals surface area contributed by atoms with E-state index < -0.39 is 16.8 Å². The van der Waals surface area contributed by atoms with Crippen LogP contribution in [0.5, 0.6) is 0 Å². The van der Waals surface area contributed by atoms with E-state index in [1.807, 2.05) is 18.2 Å². The Morgan fingerprint density at radius 3 is 2.52 bits per heavy atom. The maximum absolute atomic E-state index is 13.6. The third-order valence-electron chi connectivity index (χ3n) is 5.65. The molecule has 0 bridgehead atoms. The van der Waals surface area contributed by atoms with E-state index in [4.69, 9.17) is 16.3 Å². The van der Waals surface area contributed by atoms with Crippen LogP contribution in [0.25, 0.3) is 0 Å². The summed E-state index contributed by atoms with van der Waals surface area (Å²) in [6, 6.07) is 7.46. The molecule has 0 spiro atoms. The van der Waals surface area contributed by atoms with Gasteiger partial charge in [-0.2, -0.15) is 0 Å². The van der Waals surface area contributed by atoms with E-state index in [0.717, 1.165) is 5.56 Å². The van der Waals surface area contributed by atoms with Gasteiger partial charge < -0.3 is 14.7 Å². The Hall–Kier alpha value is -1.59. The fourth-order valence-electron chi connectivity index (χ4n) is 4.06. The Morgan fingerprint density at radius 2 is 1.88 bits per heavy atom. The molecule has 0 aliphatic carbocycles. The summed E-state index contributed by atoms with van der Waals surface area (Å²) in [7, 11) is 0. The highest BCUT2D eigenvalue weighted by Gasteiger charge is 2.48. The van der Waals surface area contributed by atoms with Crippen LogP contribution in [0, 0.1) is 5.41 Å². The molecule has 2 aliphatic rings. The fraction of sp³-hybridized carbons (Fsp3) is 0.579. The largest absolute Gasteiger partial charge is 0.481 e. The van der Waals surface area contributed by atoms with Crippen LogP contribution in [0.2, 0.25) is 5.02 Å². The van der Waals surface area contributed by atoms with Crippen molar-refractivity contribution in [3.8, 4) is 0 Å². The minimum atomic E-state index is -0.888.